The number of carbonyl (C=O) groups excluding carboxylic acids is 1. The summed E-state index contributed by atoms with van der Waals surface area (Å²) >= 11 is 0.912. The second-order valence-corrected chi connectivity index (χ2v) is 6.66. The molecular weight excluding hydrogens is 417 g/mol. The van der Waals surface area contributed by atoms with Crippen LogP contribution in [-0.2, 0) is 6.18 Å². The number of nitrogens with zero attached hydrogens (tertiary/aromatic N) is 1. The van der Waals surface area contributed by atoms with Gasteiger partial charge in [0.2, 0.25) is 5.78 Å². The number of anilines is 3. The van der Waals surface area contributed by atoms with Crippen molar-refractivity contribution in [1.82, 2.24) is 4.98 Å². The lowest BCUT2D eigenvalue weighted by atomic mass is 10.1. The van der Waals surface area contributed by atoms with Crippen molar-refractivity contribution in [3.63, 3.8) is 0 Å². The standard InChI is InChI=1S/C18H12F5N3O2S/c19-16(20)28-12-7-1-9(2-8-12)13(27)14-15(24)26-17(29-14)25-11-5-3-10(4-6-11)18(21,22)23/h1-8,16H,24H2,(H,25,26). The van der Waals surface area contributed by atoms with Gasteiger partial charge >= 0.3 is 12.8 Å². The van der Waals surface area contributed by atoms with Crippen molar-refractivity contribution < 1.29 is 31.5 Å². The first-order valence-electron chi connectivity index (χ1n) is 7.93. The smallest absolute Gasteiger partial charge is 0.416 e. The van der Waals surface area contributed by atoms with Crippen LogP contribution < -0.4 is 15.8 Å². The fourth-order valence-electron chi connectivity index (χ4n) is 2.33. The molecule has 0 bridgehead atoms. The number of halogens is 5. The van der Waals surface area contributed by atoms with E-state index in [1.807, 2.05) is 0 Å². The number of nitrogens with one attached hydrogen (secondary N) is 1. The van der Waals surface area contributed by atoms with Crippen LogP contribution in [0.25, 0.3) is 0 Å². The summed E-state index contributed by atoms with van der Waals surface area (Å²) < 4.78 is 66.4. The van der Waals surface area contributed by atoms with E-state index in [1.54, 1.807) is 0 Å². The molecule has 3 rings (SSSR count). The third kappa shape index (κ3) is 4.99. The van der Waals surface area contributed by atoms with Gasteiger partial charge in [-0.1, -0.05) is 11.3 Å². The van der Waals surface area contributed by atoms with Crippen molar-refractivity contribution >= 4 is 33.8 Å². The van der Waals surface area contributed by atoms with Crippen LogP contribution in [-0.4, -0.2) is 17.4 Å². The second-order valence-electron chi connectivity index (χ2n) is 5.67. The van der Waals surface area contributed by atoms with Crippen LogP contribution in [0.1, 0.15) is 20.8 Å². The molecule has 29 heavy (non-hydrogen) atoms. The number of nitrogen functional groups attached to an aromatic ring is 1. The lowest BCUT2D eigenvalue weighted by Crippen LogP contribution is -2.04. The lowest BCUT2D eigenvalue weighted by molar-refractivity contribution is -0.137. The number of hydrogen-bond acceptors (Lipinski definition) is 6. The number of ether oxygens (including phenoxy) is 1. The highest BCUT2D eigenvalue weighted by Crippen LogP contribution is 2.32. The highest BCUT2D eigenvalue weighted by molar-refractivity contribution is 7.18. The van der Waals surface area contributed by atoms with E-state index in [4.69, 9.17) is 5.73 Å². The van der Waals surface area contributed by atoms with Gasteiger partial charge in [-0.3, -0.25) is 4.79 Å². The predicted molar refractivity (Wildman–Crippen MR) is 97.8 cm³/mol. The lowest BCUT2D eigenvalue weighted by Gasteiger charge is -2.07. The van der Waals surface area contributed by atoms with Crippen molar-refractivity contribution in [3.05, 3.63) is 64.5 Å². The number of aromatic nitrogens is 1. The average Bonchev–Trinajstić information content (AvgIpc) is 3.01. The van der Waals surface area contributed by atoms with E-state index in [0.29, 0.717) is 5.69 Å². The Hall–Kier alpha value is -3.21. The average molecular weight is 429 g/mol. The first-order chi connectivity index (χ1) is 13.6. The van der Waals surface area contributed by atoms with Crippen molar-refractivity contribution in [2.45, 2.75) is 12.8 Å². The Bertz CT molecular complexity index is 1000. The highest BCUT2D eigenvalue weighted by Gasteiger charge is 2.30. The van der Waals surface area contributed by atoms with Crippen LogP contribution in [0, 0.1) is 0 Å². The van der Waals surface area contributed by atoms with Gasteiger partial charge in [-0.15, -0.1) is 0 Å². The molecule has 0 radical (unpaired) electrons. The van der Waals surface area contributed by atoms with Gasteiger partial charge in [-0.2, -0.15) is 22.0 Å². The molecule has 1 heterocycles. The van der Waals surface area contributed by atoms with Crippen LogP contribution in [0.5, 0.6) is 5.75 Å². The molecule has 0 aliphatic carbocycles. The van der Waals surface area contributed by atoms with Crippen LogP contribution in [0.2, 0.25) is 0 Å². The summed E-state index contributed by atoms with van der Waals surface area (Å²) in [5.41, 5.74) is 5.50. The molecule has 0 aliphatic rings. The Morgan fingerprint density at radius 2 is 1.69 bits per heavy atom. The van der Waals surface area contributed by atoms with Gasteiger partial charge in [0.25, 0.3) is 0 Å². The van der Waals surface area contributed by atoms with Crippen molar-refractivity contribution in [2.75, 3.05) is 11.1 Å². The molecule has 0 atom stereocenters. The Morgan fingerprint density at radius 3 is 2.24 bits per heavy atom. The molecule has 2 aromatic carbocycles. The Labute approximate surface area is 164 Å². The van der Waals surface area contributed by atoms with Crippen molar-refractivity contribution in [3.8, 4) is 5.75 Å². The minimum absolute atomic E-state index is 0.0673. The SMILES string of the molecule is Nc1nc(Nc2ccc(C(F)(F)F)cc2)sc1C(=O)c1ccc(OC(F)F)cc1. The Balaban J connectivity index is 1.75. The van der Waals surface area contributed by atoms with Gasteiger partial charge in [-0.05, 0) is 48.5 Å². The van der Waals surface area contributed by atoms with E-state index < -0.39 is 24.1 Å². The van der Waals surface area contributed by atoms with Crippen molar-refractivity contribution in [2.24, 2.45) is 0 Å². The van der Waals surface area contributed by atoms with Gasteiger partial charge < -0.3 is 15.8 Å². The number of nitrogens with two attached hydrogens (primary N) is 1. The molecule has 0 spiro atoms. The predicted octanol–water partition coefficient (Wildman–Crippen LogP) is 5.32. The number of ketones is 1. The van der Waals surface area contributed by atoms with E-state index in [2.05, 4.69) is 15.0 Å². The molecule has 0 unspecified atom stereocenters. The Kier molecular flexibility index (Phi) is 5.69. The van der Waals surface area contributed by atoms with Gasteiger partial charge in [0.05, 0.1) is 5.56 Å². The Morgan fingerprint density at radius 1 is 1.07 bits per heavy atom. The van der Waals surface area contributed by atoms with Gasteiger partial charge in [-0.25, -0.2) is 4.98 Å². The molecule has 3 N–H and O–H groups in total. The maximum atomic E-state index is 12.6. The molecule has 11 heteroatoms. The normalized spacial score (nSPS) is 11.5. The second kappa shape index (κ2) is 8.03. The first-order valence-corrected chi connectivity index (χ1v) is 8.75. The molecule has 152 valence electrons. The number of hydrogen-bond donors (Lipinski definition) is 2. The maximum Gasteiger partial charge on any atom is 0.416 e. The third-order valence-electron chi connectivity index (χ3n) is 3.66. The summed E-state index contributed by atoms with van der Waals surface area (Å²) in [5.74, 6) is -0.648. The molecule has 0 aliphatic heterocycles. The van der Waals surface area contributed by atoms with Crippen LogP contribution in [0.15, 0.2) is 48.5 Å². The molecule has 0 saturated heterocycles. The van der Waals surface area contributed by atoms with Gasteiger partial charge in [0.1, 0.15) is 16.4 Å². The first kappa shape index (κ1) is 20.5. The topological polar surface area (TPSA) is 77.2 Å². The van der Waals surface area contributed by atoms with Gasteiger partial charge in [0, 0.05) is 11.3 Å². The summed E-state index contributed by atoms with van der Waals surface area (Å²) in [6.45, 7) is -2.98. The van der Waals surface area contributed by atoms with Crippen LogP contribution in [0.4, 0.5) is 38.6 Å². The monoisotopic (exact) mass is 429 g/mol. The molecule has 1 aromatic heterocycles. The number of benzene rings is 2. The third-order valence-corrected chi connectivity index (χ3v) is 4.65. The molecule has 5 nitrogen and oxygen atoms in total. The molecule has 0 fully saturated rings. The minimum atomic E-state index is -4.44. The zero-order chi connectivity index (χ0) is 21.2. The summed E-state index contributed by atoms with van der Waals surface area (Å²) in [5, 5.41) is 3.00. The molecule has 3 aromatic rings. The minimum Gasteiger partial charge on any atom is -0.435 e. The fourth-order valence-corrected chi connectivity index (χ4v) is 3.20. The number of rotatable bonds is 6. The highest BCUT2D eigenvalue weighted by atomic mass is 32.1. The summed E-state index contributed by atoms with van der Waals surface area (Å²) in [6, 6.07) is 9.33. The summed E-state index contributed by atoms with van der Waals surface area (Å²) in [6.07, 6.45) is -4.44. The van der Waals surface area contributed by atoms with Crippen LogP contribution >= 0.6 is 11.3 Å². The quantitative estimate of drug-likeness (QED) is 0.410. The molecule has 0 saturated carbocycles. The van der Waals surface area contributed by atoms with E-state index in [0.717, 1.165) is 23.5 Å². The number of carbonyl (C=O) groups is 1. The van der Waals surface area contributed by atoms with E-state index in [-0.39, 0.29) is 27.1 Å². The van der Waals surface area contributed by atoms with Gasteiger partial charge in [0.15, 0.2) is 5.13 Å². The number of thiazole rings is 1. The zero-order valence-electron chi connectivity index (χ0n) is 14.3. The zero-order valence-corrected chi connectivity index (χ0v) is 15.2. The van der Waals surface area contributed by atoms with Crippen LogP contribution in [0.3, 0.4) is 0 Å². The maximum absolute atomic E-state index is 12.6. The summed E-state index contributed by atoms with van der Waals surface area (Å²) in [4.78, 5) is 16.7. The fraction of sp³-hybridized carbons (Fsp3) is 0.111. The van der Waals surface area contributed by atoms with Crippen molar-refractivity contribution in [1.29, 1.82) is 0 Å². The molecule has 0 amide bonds. The largest absolute Gasteiger partial charge is 0.435 e. The van der Waals surface area contributed by atoms with E-state index >= 15 is 0 Å². The number of alkyl halides is 5. The van der Waals surface area contributed by atoms with E-state index in [1.165, 1.54) is 36.4 Å². The molecular formula is C18H12F5N3O2S. The summed E-state index contributed by atoms with van der Waals surface area (Å²) in [7, 11) is 0. The van der Waals surface area contributed by atoms with E-state index in [9.17, 15) is 26.7 Å².